The lowest BCUT2D eigenvalue weighted by atomic mass is 9.75. The summed E-state index contributed by atoms with van der Waals surface area (Å²) < 4.78 is 48.5. The van der Waals surface area contributed by atoms with E-state index in [4.69, 9.17) is 28.5 Å². The molecule has 12 atom stereocenters. The number of carbonyl (C=O) groups excluding carboxylic acids is 3. The molecular formula is C42H60FN5O11S. The van der Waals surface area contributed by atoms with Crippen molar-refractivity contribution in [2.45, 2.75) is 147 Å². The van der Waals surface area contributed by atoms with E-state index in [0.717, 1.165) is 16.7 Å². The van der Waals surface area contributed by atoms with Gasteiger partial charge in [0.05, 0.1) is 42.0 Å². The first-order chi connectivity index (χ1) is 28.2. The van der Waals surface area contributed by atoms with Gasteiger partial charge in [0.25, 0.3) is 5.67 Å². The Morgan fingerprint density at radius 2 is 1.82 bits per heavy atom. The molecule has 0 aromatic carbocycles. The lowest BCUT2D eigenvalue weighted by Gasteiger charge is -2.47. The highest BCUT2D eigenvalue weighted by Gasteiger charge is 2.56. The van der Waals surface area contributed by atoms with Crippen molar-refractivity contribution in [3.05, 3.63) is 35.5 Å². The Morgan fingerprint density at radius 1 is 1.12 bits per heavy atom. The van der Waals surface area contributed by atoms with E-state index in [9.17, 15) is 24.6 Å². The molecule has 0 saturated carbocycles. The SMILES string of the molecule is CC[C@H]1OC(=O)[C@@](C)(F)C(=O)[C@H](C)[C@@H](O[C@@H]2O[C@H](C)C[C@H](N(C)C)[C@H]2O)[C@@]2(C)C[C@@H](C)C(=NC(C)=O)C[C@@H](OC/C(=N/OCc3ccc(-c4ncccn4)s3)CO2)[C@]1(C)O. The van der Waals surface area contributed by atoms with Crippen molar-refractivity contribution >= 4 is 40.4 Å². The highest BCUT2D eigenvalue weighted by atomic mass is 32.1. The van der Waals surface area contributed by atoms with Gasteiger partial charge in [0.2, 0.25) is 5.91 Å². The third-order valence-corrected chi connectivity index (χ3v) is 12.7. The molecule has 3 fully saturated rings. The number of ketones is 1. The molecule has 2 bridgehead atoms. The number of fused-ring (bicyclic) bond motifs is 5. The first-order valence-corrected chi connectivity index (χ1v) is 21.2. The number of halogens is 1. The number of ether oxygens (including phenoxy) is 5. The van der Waals surface area contributed by atoms with Crippen molar-refractivity contribution in [1.29, 1.82) is 0 Å². The molecule has 2 N–H and O–H groups in total. The quantitative estimate of drug-likeness (QED) is 0.214. The van der Waals surface area contributed by atoms with Crippen LogP contribution in [0.4, 0.5) is 4.39 Å². The van der Waals surface area contributed by atoms with Crippen LogP contribution >= 0.6 is 11.3 Å². The summed E-state index contributed by atoms with van der Waals surface area (Å²) >= 11 is 1.43. The van der Waals surface area contributed by atoms with Gasteiger partial charge < -0.3 is 43.6 Å². The predicted molar refractivity (Wildman–Crippen MR) is 220 cm³/mol. The number of aliphatic hydroxyl groups excluding tert-OH is 1. The number of Topliss-reactive ketones (excluding diaryl/α,β-unsaturated/α-hetero) is 1. The van der Waals surface area contributed by atoms with E-state index in [-0.39, 0.29) is 50.9 Å². The second-order valence-corrected chi connectivity index (χ2v) is 18.1. The third kappa shape index (κ3) is 10.9. The Balaban J connectivity index is 1.63. The molecule has 16 nitrogen and oxygen atoms in total. The van der Waals surface area contributed by atoms with Crippen LogP contribution in [0.25, 0.3) is 10.7 Å². The molecule has 2 aromatic rings. The van der Waals surface area contributed by atoms with E-state index in [1.807, 2.05) is 45.0 Å². The molecule has 18 heteroatoms. The molecule has 60 heavy (non-hydrogen) atoms. The Morgan fingerprint density at radius 3 is 2.47 bits per heavy atom. The average Bonchev–Trinajstić information content (AvgIpc) is 3.66. The Hall–Kier alpha value is -3.62. The zero-order valence-corrected chi connectivity index (χ0v) is 36.9. The maximum absolute atomic E-state index is 16.8. The Bertz CT molecular complexity index is 1880. The molecule has 3 aliphatic rings. The van der Waals surface area contributed by atoms with Crippen LogP contribution in [0.15, 0.2) is 40.7 Å². The maximum atomic E-state index is 16.8. The highest BCUT2D eigenvalue weighted by molar-refractivity contribution is 7.15. The Labute approximate surface area is 354 Å². The number of alkyl halides is 1. The van der Waals surface area contributed by atoms with Gasteiger partial charge in [-0.3, -0.25) is 9.59 Å². The lowest BCUT2D eigenvalue weighted by molar-refractivity contribution is -0.296. The largest absolute Gasteiger partial charge is 0.457 e. The summed E-state index contributed by atoms with van der Waals surface area (Å²) in [4.78, 5) is 63.2. The van der Waals surface area contributed by atoms with Gasteiger partial charge in [0.1, 0.15) is 23.5 Å². The van der Waals surface area contributed by atoms with Crippen molar-refractivity contribution in [1.82, 2.24) is 14.9 Å². The molecule has 5 heterocycles. The van der Waals surface area contributed by atoms with Crippen LogP contribution in [0.2, 0.25) is 0 Å². The number of likely N-dealkylation sites (N-methyl/N-ethyl adjacent to an activating group) is 1. The fourth-order valence-electron chi connectivity index (χ4n) is 8.21. The number of amides is 1. The number of thiophene rings is 1. The second kappa shape index (κ2) is 19.6. The molecule has 2 aromatic heterocycles. The van der Waals surface area contributed by atoms with Crippen LogP contribution in [-0.4, -0.2) is 141 Å². The van der Waals surface area contributed by atoms with Crippen molar-refractivity contribution in [2.75, 3.05) is 27.3 Å². The van der Waals surface area contributed by atoms with Gasteiger partial charge in [0, 0.05) is 48.3 Å². The second-order valence-electron chi connectivity index (χ2n) is 16.9. The monoisotopic (exact) mass is 861 g/mol. The number of nitrogens with zero attached hydrogens (tertiary/aromatic N) is 5. The average molecular weight is 862 g/mol. The molecule has 1 amide bonds. The van der Waals surface area contributed by atoms with Crippen LogP contribution in [0.1, 0.15) is 86.0 Å². The van der Waals surface area contributed by atoms with Crippen molar-refractivity contribution in [2.24, 2.45) is 22.0 Å². The topological polar surface area (TPSA) is 201 Å². The van der Waals surface area contributed by atoms with E-state index in [1.54, 1.807) is 32.3 Å². The van der Waals surface area contributed by atoms with Gasteiger partial charge in [-0.1, -0.05) is 25.9 Å². The minimum absolute atomic E-state index is 0.00307. The fraction of sp³-hybridized carbons (Fsp3) is 0.690. The number of esters is 1. The van der Waals surface area contributed by atoms with Crippen LogP contribution in [0.5, 0.6) is 0 Å². The van der Waals surface area contributed by atoms with Gasteiger partial charge in [0.15, 0.2) is 24.5 Å². The normalized spacial score (nSPS) is 37.6. The molecule has 3 saturated heterocycles. The van der Waals surface area contributed by atoms with Crippen molar-refractivity contribution in [3.8, 4) is 10.7 Å². The predicted octanol–water partition coefficient (Wildman–Crippen LogP) is 4.49. The number of carbonyl (C=O) groups is 3. The summed E-state index contributed by atoms with van der Waals surface area (Å²) in [6, 6.07) is 5.09. The van der Waals surface area contributed by atoms with E-state index in [2.05, 4.69) is 20.1 Å². The van der Waals surface area contributed by atoms with Crippen molar-refractivity contribution < 1.29 is 57.5 Å². The minimum Gasteiger partial charge on any atom is -0.457 e. The van der Waals surface area contributed by atoms with Gasteiger partial charge in [-0.05, 0) is 85.2 Å². The maximum Gasteiger partial charge on any atom is 0.351 e. The number of hydrogen-bond donors (Lipinski definition) is 2. The van der Waals surface area contributed by atoms with Gasteiger partial charge in [-0.25, -0.2) is 24.1 Å². The number of hydrogen-bond acceptors (Lipinski definition) is 16. The minimum atomic E-state index is -3.21. The zero-order valence-electron chi connectivity index (χ0n) is 36.1. The molecule has 0 aliphatic carbocycles. The van der Waals surface area contributed by atoms with Crippen LogP contribution in [0, 0.1) is 11.8 Å². The molecule has 5 rings (SSSR count). The summed E-state index contributed by atoms with van der Waals surface area (Å²) in [7, 11) is 3.63. The molecule has 3 aliphatic heterocycles. The molecule has 0 spiro atoms. The van der Waals surface area contributed by atoms with E-state index in [0.29, 0.717) is 18.0 Å². The van der Waals surface area contributed by atoms with Crippen molar-refractivity contribution in [3.63, 3.8) is 0 Å². The number of rotatable bonds is 8. The number of aliphatic imine (C=N–C) groups is 1. The summed E-state index contributed by atoms with van der Waals surface area (Å²) in [5, 5.41) is 28.3. The van der Waals surface area contributed by atoms with Gasteiger partial charge >= 0.3 is 5.97 Å². The first-order valence-electron chi connectivity index (χ1n) is 20.4. The third-order valence-electron chi connectivity index (χ3n) is 11.6. The summed E-state index contributed by atoms with van der Waals surface area (Å²) in [5.74, 6) is -4.66. The van der Waals surface area contributed by atoms with Crippen LogP contribution in [0.3, 0.4) is 0 Å². The summed E-state index contributed by atoms with van der Waals surface area (Å²) in [6.45, 7) is 11.4. The smallest absolute Gasteiger partial charge is 0.351 e. The highest BCUT2D eigenvalue weighted by Crippen LogP contribution is 2.40. The molecular weight excluding hydrogens is 802 g/mol. The van der Waals surface area contributed by atoms with E-state index >= 15 is 4.39 Å². The summed E-state index contributed by atoms with van der Waals surface area (Å²) in [6.07, 6.45) is -3.17. The number of aromatic nitrogens is 2. The standard InChI is InChI=1S/C42H60FN5O11S/c1-11-32-42(8,53)33-18-29(46-26(5)49)23(2)19-40(6,55-21-27(20-54-33)47-56-22-28-13-14-31(60-28)37-44-15-12-16-45-37)36(25(4)35(51)41(7,43)39(52)58-32)59-38-34(50)30(48(9)10)17-24(3)57-38/h12-16,23-25,30,32-34,36,38,50,53H,11,17-22H2,1-10H3/b46-29?,47-27-/t23-,24-,25+,30+,32-,33-,34-,36-,38+,40-,41+,42-/m1/s1. The lowest BCUT2D eigenvalue weighted by Crippen LogP contribution is -2.61. The number of cyclic esters (lactones) is 1. The summed E-state index contributed by atoms with van der Waals surface area (Å²) in [5.41, 5.74) is -6.22. The van der Waals surface area contributed by atoms with Crippen LogP contribution in [-0.2, 0) is 49.5 Å². The van der Waals surface area contributed by atoms with E-state index in [1.165, 1.54) is 32.1 Å². The molecule has 332 valence electrons. The van der Waals surface area contributed by atoms with Crippen LogP contribution < -0.4 is 0 Å². The Kier molecular flexibility index (Phi) is 15.5. The van der Waals surface area contributed by atoms with Gasteiger partial charge in [-0.2, -0.15) is 0 Å². The fourth-order valence-corrected chi connectivity index (χ4v) is 9.08. The molecule has 0 radical (unpaired) electrons. The van der Waals surface area contributed by atoms with Gasteiger partial charge in [-0.15, -0.1) is 11.3 Å². The number of aliphatic hydroxyl groups is 2. The zero-order chi connectivity index (χ0) is 44.2. The number of oxime groups is 1. The molecule has 0 unspecified atom stereocenters. The van der Waals surface area contributed by atoms with E-state index < -0.39 is 83.1 Å². The first kappa shape index (κ1) is 47.4.